The Morgan fingerprint density at radius 1 is 0.929 bits per heavy atom. The molecule has 1 N–H and O–H groups in total. The molecule has 0 spiro atoms. The van der Waals surface area contributed by atoms with E-state index in [4.69, 9.17) is 16.3 Å². The van der Waals surface area contributed by atoms with Gasteiger partial charge in [0.05, 0.1) is 11.6 Å². The number of benzene rings is 2. The van der Waals surface area contributed by atoms with Crippen molar-refractivity contribution in [3.05, 3.63) is 101 Å². The molecule has 1 aromatic heterocycles. The Labute approximate surface area is 168 Å². The van der Waals surface area contributed by atoms with Crippen molar-refractivity contribution >= 4 is 23.5 Å². The second kappa shape index (κ2) is 9.15. The highest BCUT2D eigenvalue weighted by Crippen LogP contribution is 2.22. The third-order valence-electron chi connectivity index (χ3n) is 4.17. The quantitative estimate of drug-likeness (QED) is 0.503. The first-order valence-electron chi connectivity index (χ1n) is 8.77. The van der Waals surface area contributed by atoms with Crippen LogP contribution in [0.1, 0.15) is 34.5 Å². The smallest absolute Gasteiger partial charge is 0.340 e. The van der Waals surface area contributed by atoms with Crippen LogP contribution >= 0.6 is 11.6 Å². The van der Waals surface area contributed by atoms with Gasteiger partial charge in [0, 0.05) is 6.20 Å². The molecule has 3 aromatic rings. The molecule has 0 saturated carbocycles. The first-order valence-corrected chi connectivity index (χ1v) is 9.15. The average molecular weight is 395 g/mol. The number of carbonyl (C=O) groups is 2. The van der Waals surface area contributed by atoms with Crippen molar-refractivity contribution in [2.75, 3.05) is 0 Å². The minimum atomic E-state index is -0.974. The van der Waals surface area contributed by atoms with Gasteiger partial charge in [-0.05, 0) is 30.2 Å². The Kier molecular flexibility index (Phi) is 6.40. The highest BCUT2D eigenvalue weighted by atomic mass is 35.5. The van der Waals surface area contributed by atoms with E-state index in [1.807, 2.05) is 60.7 Å². The molecule has 1 amide bonds. The van der Waals surface area contributed by atoms with Crippen molar-refractivity contribution in [3.8, 4) is 0 Å². The number of rotatable bonds is 6. The maximum absolute atomic E-state index is 12.7. The number of nitrogens with zero attached hydrogens (tertiary/aromatic N) is 1. The van der Waals surface area contributed by atoms with Crippen LogP contribution in [-0.2, 0) is 9.53 Å². The second-order valence-electron chi connectivity index (χ2n) is 6.18. The summed E-state index contributed by atoms with van der Waals surface area (Å²) >= 11 is 5.72. The van der Waals surface area contributed by atoms with Crippen LogP contribution in [0.15, 0.2) is 79.0 Å². The molecule has 0 aliphatic heterocycles. The number of hydrogen-bond acceptors (Lipinski definition) is 4. The summed E-state index contributed by atoms with van der Waals surface area (Å²) in [5.41, 5.74) is 2.09. The molecule has 0 bridgehead atoms. The number of aromatic nitrogens is 1. The van der Waals surface area contributed by atoms with Gasteiger partial charge in [0.2, 0.25) is 0 Å². The minimum absolute atomic E-state index is 0.228. The maximum Gasteiger partial charge on any atom is 0.340 e. The molecule has 0 saturated heterocycles. The number of esters is 1. The predicted octanol–water partition coefficient (Wildman–Crippen LogP) is 4.19. The number of nitrogens with one attached hydrogen (secondary N) is 1. The SMILES string of the molecule is C[C@H](OC(=O)c1ccc(Cl)nc1)C(=O)NC(c1ccccc1)c1ccccc1. The molecule has 6 heteroatoms. The van der Waals surface area contributed by atoms with Gasteiger partial charge in [0.25, 0.3) is 5.91 Å². The Morgan fingerprint density at radius 3 is 2.00 bits per heavy atom. The Morgan fingerprint density at radius 2 is 1.50 bits per heavy atom. The lowest BCUT2D eigenvalue weighted by molar-refractivity contribution is -0.129. The fourth-order valence-electron chi connectivity index (χ4n) is 2.69. The van der Waals surface area contributed by atoms with Crippen molar-refractivity contribution in [2.45, 2.75) is 19.1 Å². The van der Waals surface area contributed by atoms with E-state index in [9.17, 15) is 9.59 Å². The summed E-state index contributed by atoms with van der Waals surface area (Å²) < 4.78 is 5.28. The van der Waals surface area contributed by atoms with Crippen molar-refractivity contribution < 1.29 is 14.3 Å². The lowest BCUT2D eigenvalue weighted by atomic mass is 9.98. The Bertz CT molecular complexity index is 892. The molecule has 5 nitrogen and oxygen atoms in total. The molecule has 142 valence electrons. The normalized spacial score (nSPS) is 11.7. The van der Waals surface area contributed by atoms with Crippen LogP contribution in [-0.4, -0.2) is 23.0 Å². The first-order chi connectivity index (χ1) is 13.5. The highest BCUT2D eigenvalue weighted by molar-refractivity contribution is 6.29. The zero-order valence-electron chi connectivity index (χ0n) is 15.2. The van der Waals surface area contributed by atoms with Crippen LogP contribution in [0.4, 0.5) is 0 Å². The van der Waals surface area contributed by atoms with Gasteiger partial charge in [-0.1, -0.05) is 72.3 Å². The van der Waals surface area contributed by atoms with Crippen molar-refractivity contribution in [2.24, 2.45) is 0 Å². The summed E-state index contributed by atoms with van der Waals surface area (Å²) in [6.07, 6.45) is 0.338. The number of amides is 1. The Hall–Kier alpha value is -3.18. The van der Waals surface area contributed by atoms with Gasteiger partial charge in [0.1, 0.15) is 5.15 Å². The lowest BCUT2D eigenvalue weighted by Gasteiger charge is -2.22. The summed E-state index contributed by atoms with van der Waals surface area (Å²) in [4.78, 5) is 28.8. The molecule has 1 heterocycles. The van der Waals surface area contributed by atoms with Crippen molar-refractivity contribution in [1.82, 2.24) is 10.3 Å². The number of ether oxygens (including phenoxy) is 1. The molecule has 0 unspecified atom stereocenters. The van der Waals surface area contributed by atoms with Crippen molar-refractivity contribution in [3.63, 3.8) is 0 Å². The average Bonchev–Trinajstić information content (AvgIpc) is 2.73. The van der Waals surface area contributed by atoms with E-state index < -0.39 is 18.0 Å². The lowest BCUT2D eigenvalue weighted by Crippen LogP contribution is -2.38. The molecular formula is C22H19ClN2O3. The summed E-state index contributed by atoms with van der Waals surface area (Å²) in [6, 6.07) is 21.9. The monoisotopic (exact) mass is 394 g/mol. The summed E-state index contributed by atoms with van der Waals surface area (Å²) in [5.74, 6) is -1.03. The first kappa shape index (κ1) is 19.6. The van der Waals surface area contributed by atoms with Gasteiger partial charge in [-0.3, -0.25) is 4.79 Å². The number of hydrogen-bond donors (Lipinski definition) is 1. The zero-order valence-corrected chi connectivity index (χ0v) is 16.0. The van der Waals surface area contributed by atoms with Gasteiger partial charge >= 0.3 is 5.97 Å². The van der Waals surface area contributed by atoms with E-state index in [0.717, 1.165) is 11.1 Å². The van der Waals surface area contributed by atoms with Crippen LogP contribution in [0.2, 0.25) is 5.15 Å². The Balaban J connectivity index is 1.72. The van der Waals surface area contributed by atoms with Crippen LogP contribution in [0.25, 0.3) is 0 Å². The van der Waals surface area contributed by atoms with Gasteiger partial charge in [-0.25, -0.2) is 9.78 Å². The fourth-order valence-corrected chi connectivity index (χ4v) is 2.80. The van der Waals surface area contributed by atoms with Crippen LogP contribution in [0.3, 0.4) is 0 Å². The molecule has 0 radical (unpaired) electrons. The fraction of sp³-hybridized carbons (Fsp3) is 0.136. The highest BCUT2D eigenvalue weighted by Gasteiger charge is 2.23. The molecule has 1 atom stereocenters. The molecule has 0 aliphatic carbocycles. The zero-order chi connectivity index (χ0) is 19.9. The van der Waals surface area contributed by atoms with E-state index in [0.29, 0.717) is 0 Å². The summed E-state index contributed by atoms with van der Waals surface area (Å²) in [5, 5.41) is 3.24. The topological polar surface area (TPSA) is 68.3 Å². The number of carbonyl (C=O) groups excluding carboxylic acids is 2. The summed E-state index contributed by atoms with van der Waals surface area (Å²) in [6.45, 7) is 1.53. The van der Waals surface area contributed by atoms with Crippen LogP contribution in [0.5, 0.6) is 0 Å². The number of halogens is 1. The van der Waals surface area contributed by atoms with Gasteiger partial charge in [-0.2, -0.15) is 0 Å². The molecule has 3 rings (SSSR count). The van der Waals surface area contributed by atoms with Gasteiger partial charge in [-0.15, -0.1) is 0 Å². The van der Waals surface area contributed by atoms with E-state index in [2.05, 4.69) is 10.3 Å². The standard InChI is InChI=1S/C22H19ClN2O3/c1-15(28-22(27)18-12-13-19(23)24-14-18)21(26)25-20(16-8-4-2-5-9-16)17-10-6-3-7-11-17/h2-15,20H,1H3,(H,25,26)/t15-/m0/s1. The largest absolute Gasteiger partial charge is 0.449 e. The van der Waals surface area contributed by atoms with Gasteiger partial charge in [0.15, 0.2) is 6.10 Å². The van der Waals surface area contributed by atoms with E-state index in [1.54, 1.807) is 0 Å². The molecular weight excluding hydrogens is 376 g/mol. The maximum atomic E-state index is 12.7. The third kappa shape index (κ3) is 4.96. The van der Waals surface area contributed by atoms with Crippen LogP contribution < -0.4 is 5.32 Å². The molecule has 0 fully saturated rings. The van der Waals surface area contributed by atoms with E-state index >= 15 is 0 Å². The predicted molar refractivity (Wildman–Crippen MR) is 107 cm³/mol. The van der Waals surface area contributed by atoms with Crippen LogP contribution in [0, 0.1) is 0 Å². The third-order valence-corrected chi connectivity index (χ3v) is 4.39. The van der Waals surface area contributed by atoms with Crippen molar-refractivity contribution in [1.29, 1.82) is 0 Å². The minimum Gasteiger partial charge on any atom is -0.449 e. The number of pyridine rings is 1. The molecule has 2 aromatic carbocycles. The summed E-state index contributed by atoms with van der Waals surface area (Å²) in [7, 11) is 0. The van der Waals surface area contributed by atoms with Gasteiger partial charge < -0.3 is 10.1 Å². The molecule has 28 heavy (non-hydrogen) atoms. The van der Waals surface area contributed by atoms with E-state index in [1.165, 1.54) is 25.3 Å². The molecule has 0 aliphatic rings. The van der Waals surface area contributed by atoms with E-state index in [-0.39, 0.29) is 16.8 Å². The second-order valence-corrected chi connectivity index (χ2v) is 6.57.